The van der Waals surface area contributed by atoms with Gasteiger partial charge in [0, 0.05) is 18.6 Å². The van der Waals surface area contributed by atoms with Crippen LogP contribution in [0.25, 0.3) is 5.65 Å². The van der Waals surface area contributed by atoms with Crippen molar-refractivity contribution in [1.82, 2.24) is 9.38 Å². The van der Waals surface area contributed by atoms with E-state index in [1.54, 1.807) is 13.1 Å². The first kappa shape index (κ1) is 7.98. The molecule has 2 rings (SSSR count). The highest BCUT2D eigenvalue weighted by Crippen LogP contribution is 2.15. The van der Waals surface area contributed by atoms with Crippen molar-refractivity contribution in [3.05, 3.63) is 35.8 Å². The summed E-state index contributed by atoms with van der Waals surface area (Å²) < 4.78 is 1.87. The molecule has 2 heterocycles. The van der Waals surface area contributed by atoms with Crippen LogP contribution in [0.15, 0.2) is 24.7 Å². The molecule has 13 heavy (non-hydrogen) atoms. The molecule has 0 saturated heterocycles. The van der Waals surface area contributed by atoms with Gasteiger partial charge in [-0.05, 0) is 25.5 Å². The van der Waals surface area contributed by atoms with Gasteiger partial charge >= 0.3 is 0 Å². The topological polar surface area (TPSA) is 34.4 Å². The number of hydrogen-bond acceptors (Lipinski definition) is 2. The smallest absolute Gasteiger partial charge is 0.163 e. The maximum Gasteiger partial charge on any atom is 0.163 e. The highest BCUT2D eigenvalue weighted by Gasteiger charge is 2.11. The number of fused-ring (bicyclic) bond motifs is 1. The van der Waals surface area contributed by atoms with Crippen LogP contribution in [0.1, 0.15) is 22.8 Å². The minimum absolute atomic E-state index is 0.0682. The standard InChI is InChI=1S/C10H10N2O/c1-7-6-12-5-3-4-11-10(12)9(7)8(2)13/h3-6H,1-2H3. The second kappa shape index (κ2) is 2.69. The van der Waals surface area contributed by atoms with Crippen molar-refractivity contribution in [2.75, 3.05) is 0 Å². The molecule has 0 fully saturated rings. The monoisotopic (exact) mass is 174 g/mol. The van der Waals surface area contributed by atoms with Gasteiger partial charge in [0.15, 0.2) is 5.78 Å². The Morgan fingerprint density at radius 3 is 3.00 bits per heavy atom. The summed E-state index contributed by atoms with van der Waals surface area (Å²) >= 11 is 0. The third-order valence-corrected chi connectivity index (χ3v) is 2.08. The summed E-state index contributed by atoms with van der Waals surface area (Å²) in [7, 11) is 0. The van der Waals surface area contributed by atoms with Crippen LogP contribution in [-0.4, -0.2) is 15.2 Å². The van der Waals surface area contributed by atoms with E-state index in [9.17, 15) is 4.79 Å². The predicted octanol–water partition coefficient (Wildman–Crippen LogP) is 1.85. The molecule has 0 atom stereocenters. The fraction of sp³-hybridized carbons (Fsp3) is 0.200. The van der Waals surface area contributed by atoms with E-state index >= 15 is 0 Å². The van der Waals surface area contributed by atoms with Gasteiger partial charge in [0.25, 0.3) is 0 Å². The van der Waals surface area contributed by atoms with E-state index in [-0.39, 0.29) is 5.78 Å². The van der Waals surface area contributed by atoms with E-state index in [0.717, 1.165) is 16.8 Å². The molecule has 0 aliphatic heterocycles. The molecule has 0 radical (unpaired) electrons. The van der Waals surface area contributed by atoms with Gasteiger partial charge in [-0.1, -0.05) is 0 Å². The zero-order valence-corrected chi connectivity index (χ0v) is 7.61. The van der Waals surface area contributed by atoms with E-state index in [1.165, 1.54) is 0 Å². The number of ketones is 1. The number of aryl methyl sites for hydroxylation is 1. The lowest BCUT2D eigenvalue weighted by atomic mass is 10.1. The highest BCUT2D eigenvalue weighted by atomic mass is 16.1. The summed E-state index contributed by atoms with van der Waals surface area (Å²) in [5.74, 6) is 0.0682. The molecule has 3 heteroatoms. The van der Waals surface area contributed by atoms with Gasteiger partial charge in [-0.15, -0.1) is 0 Å². The Bertz CT molecular complexity index is 471. The molecule has 0 amide bonds. The van der Waals surface area contributed by atoms with E-state index in [1.807, 2.05) is 29.8 Å². The van der Waals surface area contributed by atoms with Gasteiger partial charge in [-0.2, -0.15) is 0 Å². The summed E-state index contributed by atoms with van der Waals surface area (Å²) in [5, 5.41) is 0. The minimum Gasteiger partial charge on any atom is -0.308 e. The molecule has 0 saturated carbocycles. The molecular weight excluding hydrogens is 164 g/mol. The molecule has 0 unspecified atom stereocenters. The number of nitrogens with zero attached hydrogens (tertiary/aromatic N) is 2. The van der Waals surface area contributed by atoms with Gasteiger partial charge in [0.2, 0.25) is 0 Å². The van der Waals surface area contributed by atoms with Gasteiger partial charge in [-0.3, -0.25) is 4.79 Å². The van der Waals surface area contributed by atoms with Crippen molar-refractivity contribution in [3.63, 3.8) is 0 Å². The molecule has 0 N–H and O–H groups in total. The van der Waals surface area contributed by atoms with Gasteiger partial charge < -0.3 is 4.40 Å². The highest BCUT2D eigenvalue weighted by molar-refractivity contribution is 6.01. The van der Waals surface area contributed by atoms with Gasteiger partial charge in [0.05, 0.1) is 5.56 Å². The van der Waals surface area contributed by atoms with Crippen LogP contribution in [0.3, 0.4) is 0 Å². The zero-order chi connectivity index (χ0) is 9.42. The van der Waals surface area contributed by atoms with Gasteiger partial charge in [-0.25, -0.2) is 4.98 Å². The van der Waals surface area contributed by atoms with Crippen LogP contribution in [-0.2, 0) is 0 Å². The van der Waals surface area contributed by atoms with Crippen LogP contribution >= 0.6 is 0 Å². The average molecular weight is 174 g/mol. The number of carbonyl (C=O) groups is 1. The van der Waals surface area contributed by atoms with Crippen LogP contribution in [0.2, 0.25) is 0 Å². The lowest BCUT2D eigenvalue weighted by Crippen LogP contribution is -1.94. The van der Waals surface area contributed by atoms with Crippen LogP contribution in [0.5, 0.6) is 0 Å². The van der Waals surface area contributed by atoms with E-state index < -0.39 is 0 Å². The number of Topliss-reactive ketones (excluding diaryl/α,β-unsaturated/α-hetero) is 1. The number of hydrogen-bond donors (Lipinski definition) is 0. The lowest BCUT2D eigenvalue weighted by molar-refractivity contribution is 0.101. The summed E-state index contributed by atoms with van der Waals surface area (Å²) in [4.78, 5) is 15.5. The summed E-state index contributed by atoms with van der Waals surface area (Å²) in [6.45, 7) is 3.49. The molecule has 0 bridgehead atoms. The van der Waals surface area contributed by atoms with E-state index in [0.29, 0.717) is 0 Å². The van der Waals surface area contributed by atoms with Crippen molar-refractivity contribution in [2.24, 2.45) is 0 Å². The lowest BCUT2D eigenvalue weighted by Gasteiger charge is -1.94. The summed E-state index contributed by atoms with van der Waals surface area (Å²) in [6, 6.07) is 1.84. The van der Waals surface area contributed by atoms with Crippen molar-refractivity contribution in [2.45, 2.75) is 13.8 Å². The third-order valence-electron chi connectivity index (χ3n) is 2.08. The molecule has 0 aliphatic carbocycles. The molecule has 0 spiro atoms. The van der Waals surface area contributed by atoms with Crippen LogP contribution < -0.4 is 0 Å². The second-order valence-electron chi connectivity index (χ2n) is 3.09. The average Bonchev–Trinajstić information content (AvgIpc) is 2.39. The second-order valence-corrected chi connectivity index (χ2v) is 3.09. The maximum atomic E-state index is 11.3. The van der Waals surface area contributed by atoms with E-state index in [2.05, 4.69) is 4.98 Å². The van der Waals surface area contributed by atoms with Crippen molar-refractivity contribution in [1.29, 1.82) is 0 Å². The Kier molecular flexibility index (Phi) is 1.65. The van der Waals surface area contributed by atoms with Crippen molar-refractivity contribution in [3.8, 4) is 0 Å². The Balaban J connectivity index is 2.86. The largest absolute Gasteiger partial charge is 0.308 e. The van der Waals surface area contributed by atoms with Gasteiger partial charge in [0.1, 0.15) is 5.65 Å². The minimum atomic E-state index is 0.0682. The number of aromatic nitrogens is 2. The maximum absolute atomic E-state index is 11.3. The molecule has 66 valence electrons. The number of rotatable bonds is 1. The Labute approximate surface area is 76.0 Å². The van der Waals surface area contributed by atoms with Crippen LogP contribution in [0.4, 0.5) is 0 Å². The molecule has 2 aromatic rings. The third kappa shape index (κ3) is 1.13. The zero-order valence-electron chi connectivity index (χ0n) is 7.61. The van der Waals surface area contributed by atoms with E-state index in [4.69, 9.17) is 0 Å². The normalized spacial score (nSPS) is 10.6. The van der Waals surface area contributed by atoms with Crippen molar-refractivity contribution < 1.29 is 4.79 Å². The quantitative estimate of drug-likeness (QED) is 0.618. The first-order valence-corrected chi connectivity index (χ1v) is 4.13. The summed E-state index contributed by atoms with van der Waals surface area (Å²) in [6.07, 6.45) is 5.50. The first-order chi connectivity index (χ1) is 6.20. The molecular formula is C10H10N2O. The predicted molar refractivity (Wildman–Crippen MR) is 49.9 cm³/mol. The van der Waals surface area contributed by atoms with Crippen molar-refractivity contribution >= 4 is 11.4 Å². The SMILES string of the molecule is CC(=O)c1c(C)cn2cccnc12. The number of carbonyl (C=O) groups excluding carboxylic acids is 1. The molecule has 2 aromatic heterocycles. The fourth-order valence-corrected chi connectivity index (χ4v) is 1.56. The summed E-state index contributed by atoms with van der Waals surface area (Å²) in [5.41, 5.74) is 2.44. The fourth-order valence-electron chi connectivity index (χ4n) is 1.56. The Hall–Kier alpha value is -1.64. The Morgan fingerprint density at radius 1 is 1.54 bits per heavy atom. The molecule has 3 nitrogen and oxygen atoms in total. The Morgan fingerprint density at radius 2 is 2.31 bits per heavy atom. The molecule has 0 aromatic carbocycles. The molecule has 0 aliphatic rings. The van der Waals surface area contributed by atoms with Crippen LogP contribution in [0, 0.1) is 6.92 Å². The first-order valence-electron chi connectivity index (χ1n) is 4.13.